The lowest BCUT2D eigenvalue weighted by molar-refractivity contribution is -0.122. The summed E-state index contributed by atoms with van der Waals surface area (Å²) in [6.45, 7) is -0.123. The zero-order valence-electron chi connectivity index (χ0n) is 9.85. The number of nitriles is 1. The Morgan fingerprint density at radius 1 is 1.61 bits per heavy atom. The van der Waals surface area contributed by atoms with Gasteiger partial charge in [-0.25, -0.2) is 0 Å². The van der Waals surface area contributed by atoms with E-state index in [4.69, 9.17) is 10.00 Å². The first kappa shape index (κ1) is 12.4. The van der Waals surface area contributed by atoms with Crippen LogP contribution < -0.4 is 10.1 Å². The van der Waals surface area contributed by atoms with Crippen molar-refractivity contribution in [2.24, 2.45) is 0 Å². The van der Waals surface area contributed by atoms with Gasteiger partial charge in [0.1, 0.15) is 12.3 Å². The summed E-state index contributed by atoms with van der Waals surface area (Å²) >= 11 is 0. The Bertz CT molecular complexity index is 493. The molecule has 1 atom stereocenters. The van der Waals surface area contributed by atoms with Crippen LogP contribution in [0.1, 0.15) is 23.7 Å². The van der Waals surface area contributed by atoms with Crippen LogP contribution in [0.5, 0.6) is 5.75 Å². The molecule has 0 aromatic heterocycles. The molecule has 0 radical (unpaired) electrons. The first-order chi connectivity index (χ1) is 8.70. The van der Waals surface area contributed by atoms with Crippen molar-refractivity contribution in [3.05, 3.63) is 29.3 Å². The molecule has 0 fully saturated rings. The molecule has 5 nitrogen and oxygen atoms in total. The van der Waals surface area contributed by atoms with E-state index in [-0.39, 0.29) is 25.2 Å². The van der Waals surface area contributed by atoms with E-state index in [9.17, 15) is 9.90 Å². The largest absolute Gasteiger partial charge is 0.484 e. The smallest absolute Gasteiger partial charge is 0.258 e. The van der Waals surface area contributed by atoms with E-state index in [1.807, 2.05) is 18.2 Å². The van der Waals surface area contributed by atoms with Crippen molar-refractivity contribution in [2.45, 2.75) is 18.9 Å². The highest BCUT2D eigenvalue weighted by molar-refractivity contribution is 5.77. The number of hydrogen-bond acceptors (Lipinski definition) is 4. The summed E-state index contributed by atoms with van der Waals surface area (Å²) in [7, 11) is 0. The summed E-state index contributed by atoms with van der Waals surface area (Å²) in [5, 5.41) is 20.4. The van der Waals surface area contributed by atoms with Gasteiger partial charge in [-0.05, 0) is 36.1 Å². The fourth-order valence-corrected chi connectivity index (χ4v) is 2.00. The van der Waals surface area contributed by atoms with Crippen LogP contribution in [0, 0.1) is 11.3 Å². The van der Waals surface area contributed by atoms with E-state index in [0.717, 1.165) is 24.0 Å². The quantitative estimate of drug-likeness (QED) is 0.765. The monoisotopic (exact) mass is 246 g/mol. The van der Waals surface area contributed by atoms with Crippen LogP contribution in [0.25, 0.3) is 0 Å². The number of amides is 1. The van der Waals surface area contributed by atoms with Crippen LogP contribution in [0.4, 0.5) is 0 Å². The lowest BCUT2D eigenvalue weighted by Crippen LogP contribution is -2.29. The van der Waals surface area contributed by atoms with Crippen molar-refractivity contribution in [1.29, 1.82) is 5.26 Å². The maximum absolute atomic E-state index is 11.2. The number of aryl methyl sites for hydroxylation is 1. The molecule has 1 aromatic carbocycles. The van der Waals surface area contributed by atoms with E-state index in [1.165, 1.54) is 0 Å². The Morgan fingerprint density at radius 3 is 3.22 bits per heavy atom. The number of carbonyl (C=O) groups excluding carboxylic acids is 1. The lowest BCUT2D eigenvalue weighted by Gasteiger charge is -2.08. The lowest BCUT2D eigenvalue weighted by atomic mass is 10.1. The predicted octanol–water partition coefficient (Wildman–Crippen LogP) is 0.685. The second-order valence-electron chi connectivity index (χ2n) is 4.14. The third-order valence-electron chi connectivity index (χ3n) is 2.90. The number of nitrogens with one attached hydrogen (secondary N) is 1. The van der Waals surface area contributed by atoms with Gasteiger partial charge in [0, 0.05) is 0 Å². The van der Waals surface area contributed by atoms with Gasteiger partial charge in [-0.2, -0.15) is 5.26 Å². The standard InChI is InChI=1S/C13H14N2O3/c14-5-6-15-13(17)8-18-10-2-3-11-9(7-10)1-4-12(11)16/h2-3,7,12,16H,1,4,6,8H2,(H,15,17). The van der Waals surface area contributed by atoms with Crippen LogP contribution in [-0.4, -0.2) is 24.2 Å². The Labute approximate surface area is 105 Å². The summed E-state index contributed by atoms with van der Waals surface area (Å²) in [5.41, 5.74) is 2.01. The number of fused-ring (bicyclic) bond motifs is 1. The fraction of sp³-hybridized carbons (Fsp3) is 0.385. The van der Waals surface area contributed by atoms with E-state index in [2.05, 4.69) is 5.32 Å². The van der Waals surface area contributed by atoms with Gasteiger partial charge in [0.05, 0.1) is 12.2 Å². The van der Waals surface area contributed by atoms with Crippen LogP contribution >= 0.6 is 0 Å². The minimum Gasteiger partial charge on any atom is -0.484 e. The van der Waals surface area contributed by atoms with E-state index < -0.39 is 0 Å². The summed E-state index contributed by atoms with van der Waals surface area (Å²) in [4.78, 5) is 11.2. The van der Waals surface area contributed by atoms with Gasteiger partial charge < -0.3 is 15.2 Å². The molecule has 1 aromatic rings. The van der Waals surface area contributed by atoms with Gasteiger partial charge in [0.15, 0.2) is 6.61 Å². The minimum absolute atomic E-state index is 0.0153. The van der Waals surface area contributed by atoms with Crippen molar-refractivity contribution < 1.29 is 14.6 Å². The summed E-state index contributed by atoms with van der Waals surface area (Å²) < 4.78 is 5.32. The number of rotatable bonds is 4. The van der Waals surface area contributed by atoms with Gasteiger partial charge in [0.2, 0.25) is 0 Å². The number of nitrogens with zero attached hydrogens (tertiary/aromatic N) is 1. The average molecular weight is 246 g/mol. The molecule has 0 saturated carbocycles. The normalized spacial score (nSPS) is 16.8. The molecular formula is C13H14N2O3. The predicted molar refractivity (Wildman–Crippen MR) is 63.8 cm³/mol. The fourth-order valence-electron chi connectivity index (χ4n) is 2.00. The van der Waals surface area contributed by atoms with Gasteiger partial charge in [-0.3, -0.25) is 4.79 Å². The third-order valence-corrected chi connectivity index (χ3v) is 2.90. The molecule has 0 heterocycles. The van der Waals surface area contributed by atoms with Crippen LogP contribution in [-0.2, 0) is 11.2 Å². The number of ether oxygens (including phenoxy) is 1. The Kier molecular flexibility index (Phi) is 3.80. The summed E-state index contributed by atoms with van der Waals surface area (Å²) in [5.74, 6) is 0.284. The first-order valence-corrected chi connectivity index (χ1v) is 5.78. The zero-order chi connectivity index (χ0) is 13.0. The minimum atomic E-state index is -0.382. The highest BCUT2D eigenvalue weighted by atomic mass is 16.5. The zero-order valence-corrected chi connectivity index (χ0v) is 9.85. The Morgan fingerprint density at radius 2 is 2.44 bits per heavy atom. The maximum atomic E-state index is 11.2. The Balaban J connectivity index is 1.91. The third kappa shape index (κ3) is 2.79. The SMILES string of the molecule is N#CCNC(=O)COc1ccc2c(c1)CCC2O. The maximum Gasteiger partial charge on any atom is 0.258 e. The molecule has 1 aliphatic rings. The molecule has 1 aliphatic carbocycles. The van der Waals surface area contributed by atoms with Gasteiger partial charge in [0.25, 0.3) is 5.91 Å². The van der Waals surface area contributed by atoms with Crippen molar-refractivity contribution in [1.82, 2.24) is 5.32 Å². The number of hydrogen-bond donors (Lipinski definition) is 2. The average Bonchev–Trinajstić information content (AvgIpc) is 2.75. The van der Waals surface area contributed by atoms with Gasteiger partial charge in [-0.15, -0.1) is 0 Å². The molecule has 5 heteroatoms. The molecule has 2 N–H and O–H groups in total. The number of aliphatic hydroxyl groups is 1. The number of carbonyl (C=O) groups is 1. The van der Waals surface area contributed by atoms with Gasteiger partial charge in [-0.1, -0.05) is 6.07 Å². The molecule has 1 unspecified atom stereocenters. The molecule has 18 heavy (non-hydrogen) atoms. The second kappa shape index (κ2) is 5.52. The highest BCUT2D eigenvalue weighted by Gasteiger charge is 2.20. The number of benzene rings is 1. The molecule has 94 valence electrons. The van der Waals surface area contributed by atoms with Crippen LogP contribution in [0.3, 0.4) is 0 Å². The first-order valence-electron chi connectivity index (χ1n) is 5.78. The van der Waals surface area contributed by atoms with Crippen LogP contribution in [0.2, 0.25) is 0 Å². The van der Waals surface area contributed by atoms with E-state index in [0.29, 0.717) is 5.75 Å². The number of aliphatic hydroxyl groups excluding tert-OH is 1. The highest BCUT2D eigenvalue weighted by Crippen LogP contribution is 2.33. The molecular weight excluding hydrogens is 232 g/mol. The topological polar surface area (TPSA) is 82.4 Å². The van der Waals surface area contributed by atoms with Crippen LogP contribution in [0.15, 0.2) is 18.2 Å². The van der Waals surface area contributed by atoms with Gasteiger partial charge >= 0.3 is 0 Å². The molecule has 0 bridgehead atoms. The van der Waals surface area contributed by atoms with Crippen molar-refractivity contribution in [3.8, 4) is 11.8 Å². The molecule has 2 rings (SSSR count). The summed E-state index contributed by atoms with van der Waals surface area (Å²) in [6.07, 6.45) is 1.18. The van der Waals surface area contributed by atoms with E-state index in [1.54, 1.807) is 6.07 Å². The van der Waals surface area contributed by atoms with Crippen molar-refractivity contribution in [2.75, 3.05) is 13.2 Å². The summed E-state index contributed by atoms with van der Waals surface area (Å²) in [6, 6.07) is 7.24. The molecule has 0 aliphatic heterocycles. The van der Waals surface area contributed by atoms with E-state index >= 15 is 0 Å². The van der Waals surface area contributed by atoms with Crippen molar-refractivity contribution >= 4 is 5.91 Å². The second-order valence-corrected chi connectivity index (χ2v) is 4.14. The molecule has 0 spiro atoms. The Hall–Kier alpha value is -2.06. The molecule has 0 saturated heterocycles. The molecule has 1 amide bonds. The van der Waals surface area contributed by atoms with Crippen molar-refractivity contribution in [3.63, 3.8) is 0 Å².